The van der Waals surface area contributed by atoms with E-state index in [4.69, 9.17) is 45.6 Å². The molecule has 4 atom stereocenters. The highest BCUT2D eigenvalue weighted by atomic mass is 16.5. The number of rotatable bonds is 13. The molecular weight excluding hydrogens is 1000 g/mol. The largest absolute Gasteiger partial charge is 0.490 e. The van der Waals surface area contributed by atoms with Gasteiger partial charge in [0.2, 0.25) is 0 Å². The van der Waals surface area contributed by atoms with Crippen LogP contribution < -0.4 is 45.6 Å². The van der Waals surface area contributed by atoms with Crippen molar-refractivity contribution in [3.63, 3.8) is 0 Å². The van der Waals surface area contributed by atoms with Crippen LogP contribution in [0.5, 0.6) is 34.5 Å². The standard InChI is InChI=1S/C26H35NO2.2C23H29NO2/c1-3-25(27)26(4-2)16-14-21(15-17-26)28-22-11-13-24-20(18-22)10-12-23(29-24)19-8-6-5-7-9-19;1-15-4-3-5-16(2)23(15)22-12-6-17-14-20(11-13-21(17)26-22)25-19-9-7-18(24)8-10-19;1-16-4-2-3-5-21(16)23-12-8-18-14-20(11-13-22(18)26-23)25-19-9-6-17(15-24)7-10-19/h5-9,11,13,18,21,23,25H,3-4,10,12,14-17,27H2,1-2H3;3-5,11,13-14,18-19,22H,6-10,12,24H2,1-2H3;2-5,11,13-14,17,19,23H,6-10,12,15,24H2,1H3. The molecule has 4 unspecified atom stereocenters. The van der Waals surface area contributed by atoms with E-state index in [1.807, 2.05) is 0 Å². The van der Waals surface area contributed by atoms with E-state index < -0.39 is 0 Å². The third-order valence-corrected chi connectivity index (χ3v) is 19.1. The maximum absolute atomic E-state index is 6.47. The predicted molar refractivity (Wildman–Crippen MR) is 328 cm³/mol. The van der Waals surface area contributed by atoms with Crippen molar-refractivity contribution < 1.29 is 28.4 Å². The van der Waals surface area contributed by atoms with Crippen molar-refractivity contribution in [1.82, 2.24) is 0 Å². The first-order valence-electron chi connectivity index (χ1n) is 31.2. The van der Waals surface area contributed by atoms with Crippen molar-refractivity contribution in [3.8, 4) is 34.5 Å². The normalized spacial score (nSPS) is 26.1. The van der Waals surface area contributed by atoms with E-state index in [0.717, 1.165) is 137 Å². The Morgan fingerprint density at radius 2 is 0.951 bits per heavy atom. The van der Waals surface area contributed by atoms with Gasteiger partial charge in [-0.3, -0.25) is 0 Å². The second-order valence-electron chi connectivity index (χ2n) is 24.5. The fourth-order valence-electron chi connectivity index (χ4n) is 13.9. The number of ether oxygens (including phenoxy) is 6. The monoisotopic (exact) mass is 1100 g/mol. The average Bonchev–Trinajstić information content (AvgIpc) is 3.57. The molecule has 432 valence electrons. The molecule has 0 bridgehead atoms. The number of aryl methyl sites for hydroxylation is 6. The Bertz CT molecular complexity index is 2940. The summed E-state index contributed by atoms with van der Waals surface area (Å²) in [7, 11) is 0. The van der Waals surface area contributed by atoms with Crippen molar-refractivity contribution in [2.45, 2.75) is 212 Å². The van der Waals surface area contributed by atoms with Crippen LogP contribution in [0.3, 0.4) is 0 Å². The number of fused-ring (bicyclic) bond motifs is 3. The zero-order chi connectivity index (χ0) is 56.3. The van der Waals surface area contributed by atoms with Gasteiger partial charge in [0.25, 0.3) is 0 Å². The molecule has 6 aliphatic rings. The SMILES string of the molecule is CCC(N)C1(CC)CCC(Oc2ccc3c(c2)CCC(c2ccccc2)O3)CC1.Cc1cccc(C)c1C1CCc2cc(OC3CCC(N)CC3)ccc2O1.Cc1ccccc1C1CCc2cc(OC3CCC(CN)CC3)ccc2O1. The molecule has 81 heavy (non-hydrogen) atoms. The van der Waals surface area contributed by atoms with E-state index in [0.29, 0.717) is 41.7 Å². The lowest BCUT2D eigenvalue weighted by Crippen LogP contribution is -2.45. The van der Waals surface area contributed by atoms with Crippen LogP contribution >= 0.6 is 0 Å². The predicted octanol–water partition coefficient (Wildman–Crippen LogP) is 16.2. The van der Waals surface area contributed by atoms with Gasteiger partial charge < -0.3 is 45.6 Å². The molecule has 3 aliphatic carbocycles. The lowest BCUT2D eigenvalue weighted by atomic mass is 9.66. The molecular formula is C72H93N3O6. The lowest BCUT2D eigenvalue weighted by Gasteiger charge is -2.43. The topological polar surface area (TPSA) is 133 Å². The van der Waals surface area contributed by atoms with Crippen molar-refractivity contribution in [1.29, 1.82) is 0 Å². The quantitative estimate of drug-likeness (QED) is 0.103. The molecule has 3 heterocycles. The summed E-state index contributed by atoms with van der Waals surface area (Å²) < 4.78 is 37.8. The molecule has 12 rings (SSSR count). The second-order valence-corrected chi connectivity index (χ2v) is 24.5. The van der Waals surface area contributed by atoms with Crippen LogP contribution in [0.2, 0.25) is 0 Å². The van der Waals surface area contributed by atoms with Crippen molar-refractivity contribution in [2.24, 2.45) is 28.5 Å². The van der Waals surface area contributed by atoms with Gasteiger partial charge in [0.15, 0.2) is 0 Å². The summed E-state index contributed by atoms with van der Waals surface area (Å²) in [5, 5.41) is 0. The van der Waals surface area contributed by atoms with Crippen LogP contribution in [0.25, 0.3) is 0 Å². The van der Waals surface area contributed by atoms with Gasteiger partial charge >= 0.3 is 0 Å². The van der Waals surface area contributed by atoms with Gasteiger partial charge in [-0.05, 0) is 272 Å². The minimum absolute atomic E-state index is 0.148. The minimum atomic E-state index is 0.148. The van der Waals surface area contributed by atoms with E-state index in [2.05, 4.69) is 162 Å². The molecule has 6 N–H and O–H groups in total. The van der Waals surface area contributed by atoms with E-state index in [1.54, 1.807) is 0 Å². The van der Waals surface area contributed by atoms with Gasteiger partial charge in [-0.15, -0.1) is 0 Å². The Hall–Kier alpha value is -6.00. The van der Waals surface area contributed by atoms with Crippen LogP contribution in [0.4, 0.5) is 0 Å². The summed E-state index contributed by atoms with van der Waals surface area (Å²) in [6, 6.07) is 45.2. The van der Waals surface area contributed by atoms with E-state index in [-0.39, 0.29) is 18.3 Å². The smallest absolute Gasteiger partial charge is 0.125 e. The Morgan fingerprint density at radius 1 is 0.494 bits per heavy atom. The molecule has 6 aromatic rings. The fraction of sp³-hybridized carbons (Fsp3) is 0.500. The van der Waals surface area contributed by atoms with Gasteiger partial charge in [0.05, 0.1) is 18.3 Å². The van der Waals surface area contributed by atoms with Crippen LogP contribution in [0.1, 0.15) is 191 Å². The minimum Gasteiger partial charge on any atom is -0.490 e. The summed E-state index contributed by atoms with van der Waals surface area (Å²) in [5.74, 6) is 6.63. The van der Waals surface area contributed by atoms with Crippen LogP contribution in [-0.2, 0) is 19.3 Å². The lowest BCUT2D eigenvalue weighted by molar-refractivity contribution is 0.0566. The average molecular weight is 1100 g/mol. The Balaban J connectivity index is 0.000000137. The van der Waals surface area contributed by atoms with Gasteiger partial charge in [0.1, 0.15) is 52.8 Å². The maximum Gasteiger partial charge on any atom is 0.125 e. The van der Waals surface area contributed by atoms with Crippen molar-refractivity contribution >= 4 is 0 Å². The first-order chi connectivity index (χ1) is 39.5. The fourth-order valence-corrected chi connectivity index (χ4v) is 13.9. The Kier molecular flexibility index (Phi) is 19.7. The zero-order valence-corrected chi connectivity index (χ0v) is 49.4. The highest BCUT2D eigenvalue weighted by Gasteiger charge is 2.39. The van der Waals surface area contributed by atoms with Crippen LogP contribution in [0, 0.1) is 32.1 Å². The highest BCUT2D eigenvalue weighted by Crippen LogP contribution is 2.45. The molecule has 0 aromatic heterocycles. The summed E-state index contributed by atoms with van der Waals surface area (Å²) in [4.78, 5) is 0. The van der Waals surface area contributed by atoms with Gasteiger partial charge in [0, 0.05) is 12.1 Å². The molecule has 0 spiro atoms. The first kappa shape index (κ1) is 58.2. The number of nitrogens with two attached hydrogens (primary N) is 3. The molecule has 9 nitrogen and oxygen atoms in total. The molecule has 0 amide bonds. The molecule has 0 radical (unpaired) electrons. The number of benzene rings is 6. The van der Waals surface area contributed by atoms with Crippen LogP contribution in [-0.4, -0.2) is 36.9 Å². The van der Waals surface area contributed by atoms with Gasteiger partial charge in [-0.25, -0.2) is 0 Å². The van der Waals surface area contributed by atoms with E-state index in [9.17, 15) is 0 Å². The molecule has 3 fully saturated rings. The first-order valence-corrected chi connectivity index (χ1v) is 31.2. The molecule has 0 saturated heterocycles. The molecule has 9 heteroatoms. The van der Waals surface area contributed by atoms with E-state index >= 15 is 0 Å². The van der Waals surface area contributed by atoms with Crippen LogP contribution in [0.15, 0.2) is 127 Å². The number of hydrogen-bond acceptors (Lipinski definition) is 9. The maximum atomic E-state index is 6.47. The highest BCUT2D eigenvalue weighted by molar-refractivity contribution is 5.46. The number of hydrogen-bond donors (Lipinski definition) is 3. The van der Waals surface area contributed by atoms with Crippen molar-refractivity contribution in [3.05, 3.63) is 177 Å². The summed E-state index contributed by atoms with van der Waals surface area (Å²) in [6.07, 6.45) is 23.2. The Morgan fingerprint density at radius 3 is 1.47 bits per heavy atom. The Labute approximate surface area is 485 Å². The molecule has 3 saturated carbocycles. The third-order valence-electron chi connectivity index (χ3n) is 19.1. The second kappa shape index (κ2) is 27.4. The summed E-state index contributed by atoms with van der Waals surface area (Å²) in [5.41, 5.74) is 30.2. The molecule has 6 aromatic carbocycles. The zero-order valence-electron chi connectivity index (χ0n) is 49.4. The van der Waals surface area contributed by atoms with Gasteiger partial charge in [-0.1, -0.05) is 86.6 Å². The molecule has 3 aliphatic heterocycles. The third kappa shape index (κ3) is 14.6. The van der Waals surface area contributed by atoms with E-state index in [1.165, 1.54) is 82.2 Å². The van der Waals surface area contributed by atoms with Gasteiger partial charge in [-0.2, -0.15) is 0 Å². The summed E-state index contributed by atoms with van der Waals surface area (Å²) >= 11 is 0. The summed E-state index contributed by atoms with van der Waals surface area (Å²) in [6.45, 7) is 11.8. The van der Waals surface area contributed by atoms with Crippen molar-refractivity contribution in [2.75, 3.05) is 6.54 Å².